The lowest BCUT2D eigenvalue weighted by Gasteiger charge is -2.11. The summed E-state index contributed by atoms with van der Waals surface area (Å²) < 4.78 is 0. The van der Waals surface area contributed by atoms with E-state index in [0.29, 0.717) is 0 Å². The van der Waals surface area contributed by atoms with Crippen molar-refractivity contribution < 1.29 is 19.8 Å². The minimum atomic E-state index is -1.42. The van der Waals surface area contributed by atoms with Crippen molar-refractivity contribution in [2.75, 3.05) is 6.54 Å². The maximum Gasteiger partial charge on any atom is 0.332 e. The molecular weight excluding hydrogens is 246 g/mol. The van der Waals surface area contributed by atoms with Crippen LogP contribution < -0.4 is 5.32 Å². The normalized spacial score (nSPS) is 15.8. The zero-order valence-corrected chi connectivity index (χ0v) is 10.5. The number of carbonyl (C=O) groups excluding carboxylic acids is 1. The van der Waals surface area contributed by atoms with Crippen molar-refractivity contribution in [3.05, 3.63) is 35.4 Å². The van der Waals surface area contributed by atoms with E-state index in [-0.39, 0.29) is 24.8 Å². The fourth-order valence-corrected chi connectivity index (χ4v) is 2.34. The van der Waals surface area contributed by atoms with Crippen LogP contribution in [0.25, 0.3) is 0 Å². The molecule has 1 aliphatic rings. The number of carbonyl (C=O) groups is 2. The Morgan fingerprint density at radius 3 is 2.37 bits per heavy atom. The van der Waals surface area contributed by atoms with Gasteiger partial charge in [-0.05, 0) is 24.0 Å². The highest BCUT2D eigenvalue weighted by molar-refractivity contribution is 5.80. The van der Waals surface area contributed by atoms with Crippen LogP contribution in [0.2, 0.25) is 0 Å². The zero-order valence-electron chi connectivity index (χ0n) is 10.5. The lowest BCUT2D eigenvalue weighted by atomic mass is 10.1. The van der Waals surface area contributed by atoms with Gasteiger partial charge in [0.2, 0.25) is 5.91 Å². The van der Waals surface area contributed by atoms with E-state index < -0.39 is 12.1 Å². The van der Waals surface area contributed by atoms with Crippen LogP contribution in [0.15, 0.2) is 24.3 Å². The number of nitrogens with one attached hydrogen (secondary N) is 1. The van der Waals surface area contributed by atoms with E-state index in [1.807, 2.05) is 24.3 Å². The maximum absolute atomic E-state index is 11.9. The van der Waals surface area contributed by atoms with Crippen molar-refractivity contribution >= 4 is 11.9 Å². The molecule has 1 aliphatic carbocycles. The number of amides is 1. The SMILES string of the molecule is O=C(NCC[C@H](O)C(=O)O)C1Cc2ccccc2C1. The lowest BCUT2D eigenvalue weighted by molar-refractivity contribution is -0.147. The van der Waals surface area contributed by atoms with Gasteiger partial charge >= 0.3 is 5.97 Å². The number of hydrogen-bond donors (Lipinski definition) is 3. The Hall–Kier alpha value is -1.88. The van der Waals surface area contributed by atoms with Crippen molar-refractivity contribution in [3.8, 4) is 0 Å². The molecule has 19 heavy (non-hydrogen) atoms. The van der Waals surface area contributed by atoms with Gasteiger partial charge in [-0.3, -0.25) is 4.79 Å². The molecule has 0 aromatic heterocycles. The predicted octanol–water partition coefficient (Wildman–Crippen LogP) is 0.353. The number of carboxylic acid groups (broad SMARTS) is 1. The quantitative estimate of drug-likeness (QED) is 0.715. The third kappa shape index (κ3) is 3.32. The van der Waals surface area contributed by atoms with E-state index in [2.05, 4.69) is 5.32 Å². The summed E-state index contributed by atoms with van der Waals surface area (Å²) in [5, 5.41) is 20.3. The monoisotopic (exact) mass is 263 g/mol. The molecular formula is C14H17NO4. The number of rotatable bonds is 5. The van der Waals surface area contributed by atoms with Crippen LogP contribution in [-0.4, -0.2) is 34.7 Å². The van der Waals surface area contributed by atoms with Crippen LogP contribution >= 0.6 is 0 Å². The molecule has 1 aromatic rings. The second-order valence-electron chi connectivity index (χ2n) is 4.81. The van der Waals surface area contributed by atoms with Gasteiger partial charge in [0, 0.05) is 18.9 Å². The number of aliphatic hydroxyl groups excluding tert-OH is 1. The third-order valence-corrected chi connectivity index (χ3v) is 3.42. The third-order valence-electron chi connectivity index (χ3n) is 3.42. The first-order chi connectivity index (χ1) is 9.08. The first kappa shape index (κ1) is 13.5. The van der Waals surface area contributed by atoms with Crippen LogP contribution in [-0.2, 0) is 22.4 Å². The second-order valence-corrected chi connectivity index (χ2v) is 4.81. The summed E-state index contributed by atoms with van der Waals surface area (Å²) in [6, 6.07) is 7.97. The number of benzene rings is 1. The number of aliphatic carboxylic acids is 1. The van der Waals surface area contributed by atoms with Crippen molar-refractivity contribution in [1.29, 1.82) is 0 Å². The molecule has 0 saturated carbocycles. The molecule has 1 aromatic carbocycles. The molecule has 0 fully saturated rings. The number of carboxylic acids is 1. The van der Waals surface area contributed by atoms with Crippen LogP contribution in [0.4, 0.5) is 0 Å². The average Bonchev–Trinajstić information content (AvgIpc) is 2.82. The van der Waals surface area contributed by atoms with E-state index in [1.54, 1.807) is 0 Å². The summed E-state index contributed by atoms with van der Waals surface area (Å²) in [6.45, 7) is 0.180. The van der Waals surface area contributed by atoms with Crippen LogP contribution in [0.1, 0.15) is 17.5 Å². The van der Waals surface area contributed by atoms with E-state index in [4.69, 9.17) is 10.2 Å². The highest BCUT2D eigenvalue weighted by atomic mass is 16.4. The summed E-state index contributed by atoms with van der Waals surface area (Å²) in [7, 11) is 0. The number of aliphatic hydroxyl groups is 1. The van der Waals surface area contributed by atoms with Crippen LogP contribution in [0.5, 0.6) is 0 Å². The first-order valence-corrected chi connectivity index (χ1v) is 6.33. The fraction of sp³-hybridized carbons (Fsp3) is 0.429. The minimum Gasteiger partial charge on any atom is -0.479 e. The van der Waals surface area contributed by atoms with Crippen molar-refractivity contribution in [2.24, 2.45) is 5.92 Å². The molecule has 1 amide bonds. The van der Waals surface area contributed by atoms with Crippen molar-refractivity contribution in [1.82, 2.24) is 5.32 Å². The maximum atomic E-state index is 11.9. The van der Waals surface area contributed by atoms with Gasteiger partial charge in [-0.2, -0.15) is 0 Å². The molecule has 2 rings (SSSR count). The van der Waals surface area contributed by atoms with Gasteiger partial charge in [0.15, 0.2) is 6.10 Å². The fourth-order valence-electron chi connectivity index (χ4n) is 2.34. The van der Waals surface area contributed by atoms with Gasteiger partial charge in [0.1, 0.15) is 0 Å². The predicted molar refractivity (Wildman–Crippen MR) is 68.6 cm³/mol. The summed E-state index contributed by atoms with van der Waals surface area (Å²) in [4.78, 5) is 22.3. The summed E-state index contributed by atoms with van der Waals surface area (Å²) in [5.74, 6) is -1.42. The largest absolute Gasteiger partial charge is 0.479 e. The summed E-state index contributed by atoms with van der Waals surface area (Å²) >= 11 is 0. The highest BCUT2D eigenvalue weighted by Crippen LogP contribution is 2.26. The van der Waals surface area contributed by atoms with E-state index in [0.717, 1.165) is 12.8 Å². The minimum absolute atomic E-state index is 0.0285. The Morgan fingerprint density at radius 2 is 1.84 bits per heavy atom. The molecule has 5 heteroatoms. The van der Waals surface area contributed by atoms with E-state index in [1.165, 1.54) is 11.1 Å². The van der Waals surface area contributed by atoms with E-state index >= 15 is 0 Å². The smallest absolute Gasteiger partial charge is 0.332 e. The Kier molecular flexibility index (Phi) is 4.16. The molecule has 5 nitrogen and oxygen atoms in total. The molecule has 102 valence electrons. The molecule has 3 N–H and O–H groups in total. The molecule has 0 unspecified atom stereocenters. The Balaban J connectivity index is 1.79. The van der Waals surface area contributed by atoms with Gasteiger partial charge in [0.05, 0.1) is 0 Å². The van der Waals surface area contributed by atoms with Crippen LogP contribution in [0.3, 0.4) is 0 Å². The van der Waals surface area contributed by atoms with Gasteiger partial charge < -0.3 is 15.5 Å². The van der Waals surface area contributed by atoms with E-state index in [9.17, 15) is 9.59 Å². The number of hydrogen-bond acceptors (Lipinski definition) is 3. The van der Waals surface area contributed by atoms with Gasteiger partial charge in [-0.1, -0.05) is 24.3 Å². The second kappa shape index (κ2) is 5.84. The molecule has 0 bridgehead atoms. The Morgan fingerprint density at radius 1 is 1.26 bits per heavy atom. The molecule has 0 radical (unpaired) electrons. The topological polar surface area (TPSA) is 86.6 Å². The summed E-state index contributed by atoms with van der Waals surface area (Å²) in [5.41, 5.74) is 2.40. The average molecular weight is 263 g/mol. The van der Waals surface area contributed by atoms with Gasteiger partial charge in [-0.15, -0.1) is 0 Å². The van der Waals surface area contributed by atoms with Gasteiger partial charge in [-0.25, -0.2) is 4.79 Å². The highest BCUT2D eigenvalue weighted by Gasteiger charge is 2.26. The standard InChI is InChI=1S/C14H17NO4/c16-12(14(18)19)5-6-15-13(17)11-7-9-3-1-2-4-10(9)8-11/h1-4,11-12,16H,5-8H2,(H,15,17)(H,18,19)/t12-/m0/s1. The molecule has 0 heterocycles. The molecule has 0 saturated heterocycles. The zero-order chi connectivity index (χ0) is 13.8. The van der Waals surface area contributed by atoms with Crippen LogP contribution in [0, 0.1) is 5.92 Å². The molecule has 0 aliphatic heterocycles. The molecule has 1 atom stereocenters. The van der Waals surface area contributed by atoms with Crippen molar-refractivity contribution in [2.45, 2.75) is 25.4 Å². The first-order valence-electron chi connectivity index (χ1n) is 6.33. The Labute approximate surface area is 111 Å². The lowest BCUT2D eigenvalue weighted by Crippen LogP contribution is -2.34. The summed E-state index contributed by atoms with van der Waals surface area (Å²) in [6.07, 6.45) is 0.0642. The number of fused-ring (bicyclic) bond motifs is 1. The molecule has 0 spiro atoms. The van der Waals surface area contributed by atoms with Gasteiger partial charge in [0.25, 0.3) is 0 Å². The van der Waals surface area contributed by atoms with Crippen molar-refractivity contribution in [3.63, 3.8) is 0 Å². The Bertz CT molecular complexity index is 461.